The van der Waals surface area contributed by atoms with Crippen molar-refractivity contribution in [3.63, 3.8) is 0 Å². The van der Waals surface area contributed by atoms with E-state index in [1.807, 2.05) is 26.0 Å². The van der Waals surface area contributed by atoms with Crippen molar-refractivity contribution in [3.05, 3.63) is 29.3 Å². The van der Waals surface area contributed by atoms with Gasteiger partial charge in [0, 0.05) is 13.1 Å². The van der Waals surface area contributed by atoms with E-state index in [0.29, 0.717) is 13.1 Å². The predicted octanol–water partition coefficient (Wildman–Crippen LogP) is 0.728. The van der Waals surface area contributed by atoms with Crippen LogP contribution in [0.3, 0.4) is 0 Å². The summed E-state index contributed by atoms with van der Waals surface area (Å²) in [5, 5.41) is 12.7. The number of nitrogens with two attached hydrogens (primary N) is 1. The Morgan fingerprint density at radius 3 is 2.60 bits per heavy atom. The average Bonchev–Trinajstić information content (AvgIpc) is 2.34. The normalized spacial score (nSPS) is 11.9. The van der Waals surface area contributed by atoms with Crippen molar-refractivity contribution in [3.8, 4) is 5.75 Å². The van der Waals surface area contributed by atoms with Crippen molar-refractivity contribution in [1.82, 2.24) is 5.32 Å². The Morgan fingerprint density at radius 2 is 2.00 bits per heavy atom. The summed E-state index contributed by atoms with van der Waals surface area (Å²) in [4.78, 5) is 10.3. The van der Waals surface area contributed by atoms with E-state index in [9.17, 15) is 9.90 Å². The molecule has 0 fully saturated rings. The van der Waals surface area contributed by atoms with E-state index < -0.39 is 12.2 Å². The molecule has 0 aliphatic carbocycles. The highest BCUT2D eigenvalue weighted by atomic mass is 16.5. The Labute approximate surface area is 118 Å². The Hall–Kier alpha value is -1.79. The zero-order chi connectivity index (χ0) is 15.0. The van der Waals surface area contributed by atoms with Gasteiger partial charge in [0.2, 0.25) is 0 Å². The fraction of sp³-hybridized carbons (Fsp3) is 0.500. The quantitative estimate of drug-likeness (QED) is 0.611. The van der Waals surface area contributed by atoms with Crippen molar-refractivity contribution in [1.29, 1.82) is 0 Å². The van der Waals surface area contributed by atoms with Crippen LogP contribution in [0.2, 0.25) is 0 Å². The highest BCUT2D eigenvalue weighted by Gasteiger charge is 2.05. The van der Waals surface area contributed by atoms with Crippen molar-refractivity contribution in [2.75, 3.05) is 26.3 Å². The minimum Gasteiger partial charge on any atom is -0.491 e. The molecule has 0 saturated heterocycles. The van der Waals surface area contributed by atoms with Gasteiger partial charge in [0.15, 0.2) is 0 Å². The lowest BCUT2D eigenvalue weighted by atomic mass is 10.1. The van der Waals surface area contributed by atoms with E-state index in [-0.39, 0.29) is 13.2 Å². The predicted molar refractivity (Wildman–Crippen MR) is 75.8 cm³/mol. The van der Waals surface area contributed by atoms with Crippen LogP contribution >= 0.6 is 0 Å². The molecule has 0 radical (unpaired) electrons. The fourth-order valence-electron chi connectivity index (χ4n) is 1.76. The van der Waals surface area contributed by atoms with Gasteiger partial charge in [0.05, 0.1) is 0 Å². The first-order valence-electron chi connectivity index (χ1n) is 6.49. The van der Waals surface area contributed by atoms with Gasteiger partial charge in [-0.15, -0.1) is 0 Å². The summed E-state index contributed by atoms with van der Waals surface area (Å²) in [7, 11) is 0. The number of primary amides is 1. The number of rotatable bonds is 8. The van der Waals surface area contributed by atoms with Gasteiger partial charge in [0.25, 0.3) is 0 Å². The molecule has 4 N–H and O–H groups in total. The number of nitrogens with one attached hydrogen (secondary N) is 1. The van der Waals surface area contributed by atoms with Crippen LogP contribution in [0.15, 0.2) is 18.2 Å². The molecule has 20 heavy (non-hydrogen) atoms. The lowest BCUT2D eigenvalue weighted by molar-refractivity contribution is 0.104. The van der Waals surface area contributed by atoms with Crippen LogP contribution in [0.25, 0.3) is 0 Å². The molecule has 0 saturated carbocycles. The zero-order valence-corrected chi connectivity index (χ0v) is 11.9. The summed E-state index contributed by atoms with van der Waals surface area (Å²) < 4.78 is 10.1. The number of carbonyl (C=O) groups excluding carboxylic acids is 1. The molecular weight excluding hydrogens is 260 g/mol. The van der Waals surface area contributed by atoms with E-state index in [1.54, 1.807) is 0 Å². The minimum absolute atomic E-state index is 0.181. The van der Waals surface area contributed by atoms with Crippen LogP contribution < -0.4 is 15.8 Å². The molecule has 1 rings (SSSR count). The van der Waals surface area contributed by atoms with Crippen LogP contribution in [0.4, 0.5) is 4.79 Å². The van der Waals surface area contributed by atoms with E-state index in [1.165, 1.54) is 0 Å². The Balaban J connectivity index is 2.19. The van der Waals surface area contributed by atoms with Crippen LogP contribution in [-0.4, -0.2) is 43.6 Å². The maximum Gasteiger partial charge on any atom is 0.404 e. The second-order valence-electron chi connectivity index (χ2n) is 4.66. The van der Waals surface area contributed by atoms with Gasteiger partial charge in [-0.1, -0.05) is 6.07 Å². The third kappa shape index (κ3) is 6.96. The van der Waals surface area contributed by atoms with Crippen molar-refractivity contribution < 1.29 is 19.4 Å². The number of hydrogen-bond acceptors (Lipinski definition) is 5. The Bertz CT molecular complexity index is 417. The number of benzene rings is 1. The monoisotopic (exact) mass is 282 g/mol. The third-order valence-corrected chi connectivity index (χ3v) is 2.54. The molecule has 6 heteroatoms. The molecule has 0 aliphatic heterocycles. The third-order valence-electron chi connectivity index (χ3n) is 2.54. The van der Waals surface area contributed by atoms with Crippen LogP contribution in [0.5, 0.6) is 5.75 Å². The van der Waals surface area contributed by atoms with Gasteiger partial charge in [-0.2, -0.15) is 0 Å². The minimum atomic E-state index is -0.800. The van der Waals surface area contributed by atoms with Crippen LogP contribution in [0, 0.1) is 13.8 Å². The maximum atomic E-state index is 10.3. The maximum absolute atomic E-state index is 10.3. The van der Waals surface area contributed by atoms with Gasteiger partial charge in [-0.25, -0.2) is 4.79 Å². The van der Waals surface area contributed by atoms with E-state index in [0.717, 1.165) is 16.9 Å². The average molecular weight is 282 g/mol. The summed E-state index contributed by atoms with van der Waals surface area (Å²) in [5.74, 6) is 0.749. The number of carbonyl (C=O) groups is 1. The smallest absolute Gasteiger partial charge is 0.404 e. The van der Waals surface area contributed by atoms with Crippen LogP contribution in [0.1, 0.15) is 11.1 Å². The molecule has 1 amide bonds. The molecule has 1 aromatic rings. The molecule has 0 aliphatic rings. The largest absolute Gasteiger partial charge is 0.491 e. The van der Waals surface area contributed by atoms with Gasteiger partial charge >= 0.3 is 6.09 Å². The summed E-state index contributed by atoms with van der Waals surface area (Å²) >= 11 is 0. The second kappa shape index (κ2) is 8.39. The highest BCUT2D eigenvalue weighted by molar-refractivity contribution is 5.64. The molecule has 112 valence electrons. The van der Waals surface area contributed by atoms with Crippen molar-refractivity contribution >= 4 is 6.09 Å². The molecule has 0 bridgehead atoms. The summed E-state index contributed by atoms with van der Waals surface area (Å²) in [6.07, 6.45) is -1.44. The number of ether oxygens (including phenoxy) is 2. The second-order valence-corrected chi connectivity index (χ2v) is 4.66. The first-order chi connectivity index (χ1) is 9.47. The standard InChI is InChI=1S/C14H22N2O4/c1-10-5-11(2)7-13(6-10)20-9-12(17)8-16-3-4-19-14(15)18/h5-7,12,16-17H,3-4,8-9H2,1-2H3,(H2,15,18). The van der Waals surface area contributed by atoms with Gasteiger partial charge in [-0.3, -0.25) is 0 Å². The number of amides is 1. The molecule has 1 unspecified atom stereocenters. The molecule has 0 aromatic heterocycles. The zero-order valence-electron chi connectivity index (χ0n) is 11.9. The number of aliphatic hydroxyl groups is 1. The lowest BCUT2D eigenvalue weighted by Gasteiger charge is -2.14. The van der Waals surface area contributed by atoms with E-state index in [2.05, 4.69) is 16.1 Å². The lowest BCUT2D eigenvalue weighted by Crippen LogP contribution is -2.34. The van der Waals surface area contributed by atoms with Crippen molar-refractivity contribution in [2.24, 2.45) is 5.73 Å². The summed E-state index contributed by atoms with van der Waals surface area (Å²) in [5.41, 5.74) is 7.06. The van der Waals surface area contributed by atoms with Gasteiger partial charge in [0.1, 0.15) is 25.1 Å². The highest BCUT2D eigenvalue weighted by Crippen LogP contribution is 2.16. The number of aryl methyl sites for hydroxylation is 2. The van der Waals surface area contributed by atoms with E-state index in [4.69, 9.17) is 10.5 Å². The number of aliphatic hydroxyl groups excluding tert-OH is 1. The molecule has 0 heterocycles. The fourth-order valence-corrected chi connectivity index (χ4v) is 1.76. The summed E-state index contributed by atoms with van der Waals surface area (Å²) in [6, 6.07) is 5.91. The topological polar surface area (TPSA) is 93.8 Å². The molecule has 1 atom stereocenters. The molecule has 0 spiro atoms. The number of hydrogen-bond donors (Lipinski definition) is 3. The summed E-state index contributed by atoms with van der Waals surface area (Å²) in [6.45, 7) is 5.16. The molecular formula is C14H22N2O4. The van der Waals surface area contributed by atoms with Crippen molar-refractivity contribution in [2.45, 2.75) is 20.0 Å². The van der Waals surface area contributed by atoms with Gasteiger partial charge in [-0.05, 0) is 37.1 Å². The first-order valence-corrected chi connectivity index (χ1v) is 6.49. The first kappa shape index (κ1) is 16.3. The molecule has 6 nitrogen and oxygen atoms in total. The molecule has 1 aromatic carbocycles. The van der Waals surface area contributed by atoms with Gasteiger partial charge < -0.3 is 25.6 Å². The SMILES string of the molecule is Cc1cc(C)cc(OCC(O)CNCCOC(N)=O)c1. The van der Waals surface area contributed by atoms with Crippen LogP contribution in [-0.2, 0) is 4.74 Å². The Morgan fingerprint density at radius 1 is 1.35 bits per heavy atom. The Kier molecular flexibility index (Phi) is 6.83. The van der Waals surface area contributed by atoms with E-state index >= 15 is 0 Å².